The van der Waals surface area contributed by atoms with Crippen LogP contribution in [0.5, 0.6) is 0 Å². The molecule has 1 saturated heterocycles. The van der Waals surface area contributed by atoms with Gasteiger partial charge in [-0.3, -0.25) is 4.79 Å². The molecule has 3 heteroatoms. The zero-order chi connectivity index (χ0) is 14.4. The molecule has 0 aromatic rings. The molecule has 1 aliphatic carbocycles. The molecule has 1 saturated carbocycles. The lowest BCUT2D eigenvalue weighted by Crippen LogP contribution is -2.43. The zero-order valence-electron chi connectivity index (χ0n) is 13.2. The van der Waals surface area contributed by atoms with Crippen LogP contribution in [0.25, 0.3) is 0 Å². The van der Waals surface area contributed by atoms with E-state index >= 15 is 0 Å². The second kappa shape index (κ2) is 8.02. The molecule has 2 rings (SSSR count). The number of amides is 1. The molecule has 1 amide bonds. The van der Waals surface area contributed by atoms with Crippen molar-refractivity contribution in [2.24, 2.45) is 23.5 Å². The fourth-order valence-electron chi connectivity index (χ4n) is 3.84. The number of unbranched alkanes of at least 4 members (excludes halogenated alkanes) is 1. The van der Waals surface area contributed by atoms with Crippen LogP contribution in [-0.2, 0) is 4.79 Å². The Balaban J connectivity index is 1.72. The molecule has 2 N–H and O–H groups in total. The van der Waals surface area contributed by atoms with Gasteiger partial charge in [0.05, 0.1) is 0 Å². The summed E-state index contributed by atoms with van der Waals surface area (Å²) in [5.74, 6) is 2.29. The minimum atomic E-state index is 0.322. The number of likely N-dealkylation sites (tertiary alicyclic amines) is 1. The molecule has 0 spiro atoms. The van der Waals surface area contributed by atoms with Crippen molar-refractivity contribution < 1.29 is 4.79 Å². The predicted octanol–water partition coefficient (Wildman–Crippen LogP) is 3.18. The van der Waals surface area contributed by atoms with Gasteiger partial charge in [-0.05, 0) is 56.9 Å². The summed E-state index contributed by atoms with van der Waals surface area (Å²) >= 11 is 0. The first-order chi connectivity index (χ1) is 9.74. The van der Waals surface area contributed by atoms with Crippen LogP contribution in [-0.4, -0.2) is 30.4 Å². The Morgan fingerprint density at radius 1 is 1.05 bits per heavy atom. The molecule has 0 bridgehead atoms. The maximum atomic E-state index is 12.6. The maximum Gasteiger partial charge on any atom is 0.225 e. The summed E-state index contributed by atoms with van der Waals surface area (Å²) in [4.78, 5) is 14.7. The van der Waals surface area contributed by atoms with Crippen LogP contribution < -0.4 is 5.73 Å². The van der Waals surface area contributed by atoms with Crippen molar-refractivity contribution in [3.8, 4) is 0 Å². The molecule has 0 aromatic carbocycles. The number of nitrogens with zero attached hydrogens (tertiary/aromatic N) is 1. The van der Waals surface area contributed by atoms with Crippen molar-refractivity contribution in [3.05, 3.63) is 0 Å². The van der Waals surface area contributed by atoms with Crippen LogP contribution in [0.4, 0.5) is 0 Å². The summed E-state index contributed by atoms with van der Waals surface area (Å²) in [5.41, 5.74) is 5.72. The quantitative estimate of drug-likeness (QED) is 0.840. The van der Waals surface area contributed by atoms with E-state index in [9.17, 15) is 4.79 Å². The molecule has 0 aromatic heterocycles. The van der Waals surface area contributed by atoms with E-state index in [2.05, 4.69) is 11.8 Å². The Labute approximate surface area is 124 Å². The lowest BCUT2D eigenvalue weighted by Gasteiger charge is -2.36. The van der Waals surface area contributed by atoms with Gasteiger partial charge in [0.2, 0.25) is 5.91 Å². The highest BCUT2D eigenvalue weighted by Crippen LogP contribution is 2.33. The molecule has 1 aliphatic heterocycles. The van der Waals surface area contributed by atoms with E-state index in [1.807, 2.05) is 0 Å². The van der Waals surface area contributed by atoms with E-state index in [0.29, 0.717) is 17.7 Å². The molecule has 1 heterocycles. The largest absolute Gasteiger partial charge is 0.342 e. The standard InChI is InChI=1S/C17H32N2O/c1-2-3-4-14-5-7-16(8-6-14)17(20)19-11-9-15(13-18)10-12-19/h14-16H,2-13,18H2,1H3. The number of hydrogen-bond donors (Lipinski definition) is 1. The minimum Gasteiger partial charge on any atom is -0.342 e. The van der Waals surface area contributed by atoms with E-state index in [1.165, 1.54) is 32.1 Å². The smallest absolute Gasteiger partial charge is 0.225 e. The average Bonchev–Trinajstić information content (AvgIpc) is 2.53. The SMILES string of the molecule is CCCCC1CCC(C(=O)N2CCC(CN)CC2)CC1. The monoisotopic (exact) mass is 280 g/mol. The van der Waals surface area contributed by atoms with Gasteiger partial charge in [0, 0.05) is 19.0 Å². The second-order valence-electron chi connectivity index (χ2n) is 6.86. The molecule has 2 fully saturated rings. The fourth-order valence-corrected chi connectivity index (χ4v) is 3.84. The molecule has 20 heavy (non-hydrogen) atoms. The van der Waals surface area contributed by atoms with Crippen molar-refractivity contribution in [1.29, 1.82) is 0 Å². The highest BCUT2D eigenvalue weighted by Gasteiger charge is 2.30. The second-order valence-corrected chi connectivity index (χ2v) is 6.86. The highest BCUT2D eigenvalue weighted by molar-refractivity contribution is 5.79. The van der Waals surface area contributed by atoms with Crippen LogP contribution >= 0.6 is 0 Å². The van der Waals surface area contributed by atoms with Gasteiger partial charge in [-0.25, -0.2) is 0 Å². The van der Waals surface area contributed by atoms with E-state index in [0.717, 1.165) is 51.2 Å². The van der Waals surface area contributed by atoms with Crippen LogP contribution in [0, 0.1) is 17.8 Å². The van der Waals surface area contributed by atoms with Crippen molar-refractivity contribution in [2.45, 2.75) is 64.7 Å². The summed E-state index contributed by atoms with van der Waals surface area (Å²) in [6.07, 6.45) is 11.0. The lowest BCUT2D eigenvalue weighted by molar-refractivity contribution is -0.138. The summed E-state index contributed by atoms with van der Waals surface area (Å²) in [5, 5.41) is 0. The first-order valence-corrected chi connectivity index (χ1v) is 8.73. The normalized spacial score (nSPS) is 28.6. The minimum absolute atomic E-state index is 0.322. The van der Waals surface area contributed by atoms with Crippen LogP contribution in [0.3, 0.4) is 0 Å². The third-order valence-corrected chi connectivity index (χ3v) is 5.42. The first kappa shape index (κ1) is 15.8. The van der Waals surface area contributed by atoms with Gasteiger partial charge >= 0.3 is 0 Å². The number of rotatable bonds is 5. The highest BCUT2D eigenvalue weighted by atomic mass is 16.2. The Bertz CT molecular complexity index is 289. The van der Waals surface area contributed by atoms with Gasteiger partial charge in [0.25, 0.3) is 0 Å². The zero-order valence-corrected chi connectivity index (χ0v) is 13.2. The predicted molar refractivity (Wildman–Crippen MR) is 83.3 cm³/mol. The Morgan fingerprint density at radius 3 is 2.25 bits per heavy atom. The van der Waals surface area contributed by atoms with Gasteiger partial charge in [-0.1, -0.05) is 26.2 Å². The van der Waals surface area contributed by atoms with Crippen molar-refractivity contribution >= 4 is 5.91 Å². The molecule has 0 unspecified atom stereocenters. The van der Waals surface area contributed by atoms with Gasteiger partial charge in [-0.15, -0.1) is 0 Å². The summed E-state index contributed by atoms with van der Waals surface area (Å²) in [6, 6.07) is 0. The molecular formula is C17H32N2O. The number of piperidine rings is 1. The molecule has 3 nitrogen and oxygen atoms in total. The molecule has 116 valence electrons. The Kier molecular flexibility index (Phi) is 6.34. The maximum absolute atomic E-state index is 12.6. The van der Waals surface area contributed by atoms with E-state index < -0.39 is 0 Å². The number of carbonyl (C=O) groups excluding carboxylic acids is 1. The van der Waals surface area contributed by atoms with Gasteiger partial charge in [0.15, 0.2) is 0 Å². The summed E-state index contributed by atoms with van der Waals surface area (Å²) in [6.45, 7) is 4.93. The van der Waals surface area contributed by atoms with E-state index in [-0.39, 0.29) is 0 Å². The number of nitrogens with two attached hydrogens (primary N) is 1. The number of hydrogen-bond acceptors (Lipinski definition) is 2. The summed E-state index contributed by atoms with van der Waals surface area (Å²) in [7, 11) is 0. The Morgan fingerprint density at radius 2 is 1.70 bits per heavy atom. The lowest BCUT2D eigenvalue weighted by atomic mass is 9.79. The van der Waals surface area contributed by atoms with Gasteiger partial charge in [-0.2, -0.15) is 0 Å². The van der Waals surface area contributed by atoms with Crippen LogP contribution in [0.2, 0.25) is 0 Å². The average molecular weight is 280 g/mol. The Hall–Kier alpha value is -0.570. The van der Waals surface area contributed by atoms with Crippen LogP contribution in [0.1, 0.15) is 64.7 Å². The summed E-state index contributed by atoms with van der Waals surface area (Å²) < 4.78 is 0. The molecule has 2 aliphatic rings. The van der Waals surface area contributed by atoms with Crippen molar-refractivity contribution in [1.82, 2.24) is 4.90 Å². The third kappa shape index (κ3) is 4.21. The topological polar surface area (TPSA) is 46.3 Å². The first-order valence-electron chi connectivity index (χ1n) is 8.73. The fraction of sp³-hybridized carbons (Fsp3) is 0.941. The molecule has 0 atom stereocenters. The van der Waals surface area contributed by atoms with E-state index in [4.69, 9.17) is 5.73 Å². The third-order valence-electron chi connectivity index (χ3n) is 5.42. The molecule has 0 radical (unpaired) electrons. The van der Waals surface area contributed by atoms with E-state index in [1.54, 1.807) is 0 Å². The van der Waals surface area contributed by atoms with Gasteiger partial charge < -0.3 is 10.6 Å². The van der Waals surface area contributed by atoms with Crippen molar-refractivity contribution in [2.75, 3.05) is 19.6 Å². The van der Waals surface area contributed by atoms with Crippen molar-refractivity contribution in [3.63, 3.8) is 0 Å². The molecular weight excluding hydrogens is 248 g/mol. The van der Waals surface area contributed by atoms with Crippen LogP contribution in [0.15, 0.2) is 0 Å². The van der Waals surface area contributed by atoms with Gasteiger partial charge in [0.1, 0.15) is 0 Å². The number of carbonyl (C=O) groups is 1.